The highest BCUT2D eigenvalue weighted by Gasteiger charge is 2.18. The summed E-state index contributed by atoms with van der Waals surface area (Å²) in [6.45, 7) is 8.07. The van der Waals surface area contributed by atoms with Gasteiger partial charge in [-0.3, -0.25) is 4.79 Å². The number of carbonyl (C=O) groups excluding carboxylic acids is 1. The predicted molar refractivity (Wildman–Crippen MR) is 83.2 cm³/mol. The molecule has 0 heterocycles. The number of hydrogen-bond acceptors (Lipinski definition) is 2. The summed E-state index contributed by atoms with van der Waals surface area (Å²) >= 11 is 4.98. The van der Waals surface area contributed by atoms with Crippen molar-refractivity contribution in [2.45, 2.75) is 40.2 Å². The van der Waals surface area contributed by atoms with Gasteiger partial charge in [-0.25, -0.2) is 0 Å². The van der Waals surface area contributed by atoms with Crippen molar-refractivity contribution in [2.75, 3.05) is 0 Å². The fraction of sp³-hybridized carbons (Fsp3) is 0.467. The van der Waals surface area contributed by atoms with Crippen molar-refractivity contribution in [3.05, 3.63) is 34.9 Å². The van der Waals surface area contributed by atoms with Gasteiger partial charge in [-0.2, -0.15) is 0 Å². The third kappa shape index (κ3) is 4.63. The summed E-state index contributed by atoms with van der Waals surface area (Å²) in [5.74, 6) is 0.149. The minimum Gasteiger partial charge on any atom is -0.392 e. The van der Waals surface area contributed by atoms with Crippen molar-refractivity contribution in [3.63, 3.8) is 0 Å². The number of carbonyl (C=O) groups is 1. The van der Waals surface area contributed by atoms with Crippen molar-refractivity contribution in [1.29, 1.82) is 0 Å². The fourth-order valence-corrected chi connectivity index (χ4v) is 2.22. The van der Waals surface area contributed by atoms with Gasteiger partial charge in [-0.1, -0.05) is 44.3 Å². The average Bonchev–Trinajstić information content (AvgIpc) is 2.30. The number of amides is 1. The van der Waals surface area contributed by atoms with E-state index >= 15 is 0 Å². The molecule has 0 aliphatic rings. The van der Waals surface area contributed by atoms with Crippen LogP contribution < -0.4 is 11.1 Å². The fourth-order valence-electron chi connectivity index (χ4n) is 1.89. The first-order valence-corrected chi connectivity index (χ1v) is 6.87. The molecule has 0 fully saturated rings. The lowest BCUT2D eigenvalue weighted by atomic mass is 10.0. The van der Waals surface area contributed by atoms with Crippen LogP contribution in [0.1, 0.15) is 30.5 Å². The van der Waals surface area contributed by atoms with E-state index in [9.17, 15) is 4.79 Å². The van der Waals surface area contributed by atoms with Crippen LogP contribution in [0.15, 0.2) is 18.2 Å². The molecule has 0 bridgehead atoms. The van der Waals surface area contributed by atoms with Crippen molar-refractivity contribution in [1.82, 2.24) is 5.32 Å². The van der Waals surface area contributed by atoms with Crippen LogP contribution >= 0.6 is 12.2 Å². The Kier molecular flexibility index (Phi) is 5.48. The molecule has 1 aromatic rings. The molecule has 1 amide bonds. The molecule has 1 rings (SSSR count). The lowest BCUT2D eigenvalue weighted by molar-refractivity contribution is -0.120. The van der Waals surface area contributed by atoms with E-state index in [2.05, 4.69) is 12.2 Å². The van der Waals surface area contributed by atoms with Crippen molar-refractivity contribution < 1.29 is 4.79 Å². The predicted octanol–water partition coefficient (Wildman–Crippen LogP) is 2.27. The summed E-state index contributed by atoms with van der Waals surface area (Å²) in [5.41, 5.74) is 9.07. The van der Waals surface area contributed by atoms with Crippen molar-refractivity contribution >= 4 is 23.1 Å². The van der Waals surface area contributed by atoms with Gasteiger partial charge in [0.15, 0.2) is 0 Å². The zero-order chi connectivity index (χ0) is 14.6. The molecule has 0 saturated carbocycles. The molecule has 104 valence electrons. The Balaban J connectivity index is 2.69. The third-order valence-electron chi connectivity index (χ3n) is 3.23. The first-order valence-electron chi connectivity index (χ1n) is 6.46. The van der Waals surface area contributed by atoms with Gasteiger partial charge in [0.2, 0.25) is 5.91 Å². The number of rotatable bonds is 5. The summed E-state index contributed by atoms with van der Waals surface area (Å²) in [5, 5.41) is 2.89. The summed E-state index contributed by atoms with van der Waals surface area (Å²) in [7, 11) is 0. The normalized spacial score (nSPS) is 12.3. The van der Waals surface area contributed by atoms with Crippen LogP contribution in [0.4, 0.5) is 0 Å². The van der Waals surface area contributed by atoms with E-state index in [1.165, 1.54) is 11.1 Å². The van der Waals surface area contributed by atoms with Gasteiger partial charge in [0.25, 0.3) is 0 Å². The average molecular weight is 278 g/mol. The highest BCUT2D eigenvalue weighted by atomic mass is 32.1. The number of nitrogens with two attached hydrogens (primary N) is 1. The van der Waals surface area contributed by atoms with Gasteiger partial charge >= 0.3 is 0 Å². The monoisotopic (exact) mass is 278 g/mol. The molecule has 3 nitrogen and oxygen atoms in total. The molecule has 0 aliphatic heterocycles. The Morgan fingerprint density at radius 1 is 1.32 bits per heavy atom. The Hall–Kier alpha value is -1.42. The lowest BCUT2D eigenvalue weighted by Crippen LogP contribution is -2.47. The van der Waals surface area contributed by atoms with Gasteiger partial charge in [0, 0.05) is 0 Å². The van der Waals surface area contributed by atoms with Crippen molar-refractivity contribution in [2.24, 2.45) is 11.7 Å². The minimum atomic E-state index is -0.242. The van der Waals surface area contributed by atoms with E-state index < -0.39 is 0 Å². The van der Waals surface area contributed by atoms with Gasteiger partial charge < -0.3 is 11.1 Å². The van der Waals surface area contributed by atoms with Crippen molar-refractivity contribution in [3.8, 4) is 0 Å². The molecule has 1 aromatic carbocycles. The second-order valence-electron chi connectivity index (χ2n) is 5.29. The summed E-state index contributed by atoms with van der Waals surface area (Å²) in [6.07, 6.45) is 0.354. The maximum absolute atomic E-state index is 12.0. The highest BCUT2D eigenvalue weighted by Crippen LogP contribution is 2.11. The smallest absolute Gasteiger partial charge is 0.224 e. The molecule has 1 unspecified atom stereocenters. The van der Waals surface area contributed by atoms with E-state index in [1.54, 1.807) is 0 Å². The molecule has 4 heteroatoms. The summed E-state index contributed by atoms with van der Waals surface area (Å²) < 4.78 is 0. The Morgan fingerprint density at radius 2 is 1.95 bits per heavy atom. The van der Waals surface area contributed by atoms with Gasteiger partial charge in [0.1, 0.15) is 0 Å². The molecule has 3 N–H and O–H groups in total. The molecule has 0 spiro atoms. The Labute approximate surface area is 120 Å². The molecule has 0 aliphatic carbocycles. The van der Waals surface area contributed by atoms with Crippen LogP contribution in [-0.4, -0.2) is 16.9 Å². The minimum absolute atomic E-state index is 0.0465. The molecule has 1 atom stereocenters. The molecular weight excluding hydrogens is 256 g/mol. The van der Waals surface area contributed by atoms with E-state index in [-0.39, 0.29) is 17.9 Å². The largest absolute Gasteiger partial charge is 0.392 e. The Morgan fingerprint density at radius 3 is 2.42 bits per heavy atom. The molecular formula is C15H22N2OS. The van der Waals surface area contributed by atoms with Crippen LogP contribution in [0.2, 0.25) is 0 Å². The van der Waals surface area contributed by atoms with Gasteiger partial charge in [-0.05, 0) is 36.5 Å². The number of hydrogen-bond donors (Lipinski definition) is 2. The van der Waals surface area contributed by atoms with E-state index in [1.807, 2.05) is 39.0 Å². The van der Waals surface area contributed by atoms with Gasteiger partial charge in [0.05, 0.1) is 17.5 Å². The number of benzene rings is 1. The van der Waals surface area contributed by atoms with Crippen LogP contribution in [0.25, 0.3) is 0 Å². The van der Waals surface area contributed by atoms with E-state index in [0.717, 1.165) is 5.56 Å². The second kappa shape index (κ2) is 6.66. The number of nitrogens with one attached hydrogen (secondary N) is 1. The second-order valence-corrected chi connectivity index (χ2v) is 5.76. The molecule has 0 saturated heterocycles. The number of thiocarbonyl (C=S) groups is 1. The topological polar surface area (TPSA) is 55.1 Å². The summed E-state index contributed by atoms with van der Waals surface area (Å²) in [4.78, 5) is 12.3. The Bertz CT molecular complexity index is 483. The van der Waals surface area contributed by atoms with Crippen LogP contribution in [0.5, 0.6) is 0 Å². The lowest BCUT2D eigenvalue weighted by Gasteiger charge is -2.21. The molecule has 0 aromatic heterocycles. The van der Waals surface area contributed by atoms with Crippen LogP contribution in [-0.2, 0) is 11.2 Å². The zero-order valence-electron chi connectivity index (χ0n) is 12.0. The highest BCUT2D eigenvalue weighted by molar-refractivity contribution is 7.80. The van der Waals surface area contributed by atoms with E-state index in [4.69, 9.17) is 18.0 Å². The maximum atomic E-state index is 12.0. The first kappa shape index (κ1) is 15.6. The third-order valence-corrected chi connectivity index (χ3v) is 3.48. The van der Waals surface area contributed by atoms with Crippen LogP contribution in [0.3, 0.4) is 0 Å². The number of aryl methyl sites for hydroxylation is 2. The SMILES string of the molecule is Cc1ccc(CC(=O)NC(C(N)=S)C(C)C)cc1C. The van der Waals surface area contributed by atoms with Crippen LogP contribution in [0, 0.1) is 19.8 Å². The van der Waals surface area contributed by atoms with Gasteiger partial charge in [-0.15, -0.1) is 0 Å². The molecule has 0 radical (unpaired) electrons. The maximum Gasteiger partial charge on any atom is 0.224 e. The standard InChI is InChI=1S/C15H22N2OS/c1-9(2)14(15(16)19)17-13(18)8-12-6-5-10(3)11(4)7-12/h5-7,9,14H,8H2,1-4H3,(H2,16,19)(H,17,18). The quantitative estimate of drug-likeness (QED) is 0.812. The zero-order valence-corrected chi connectivity index (χ0v) is 12.8. The summed E-state index contributed by atoms with van der Waals surface area (Å²) in [6, 6.07) is 5.81. The first-order chi connectivity index (χ1) is 8.81. The van der Waals surface area contributed by atoms with E-state index in [0.29, 0.717) is 11.4 Å². The molecule has 19 heavy (non-hydrogen) atoms.